The summed E-state index contributed by atoms with van der Waals surface area (Å²) >= 11 is 6.51. The van der Waals surface area contributed by atoms with E-state index >= 15 is 0 Å². The van der Waals surface area contributed by atoms with E-state index in [2.05, 4.69) is 0 Å². The number of aryl methyl sites for hydroxylation is 1. The van der Waals surface area contributed by atoms with Crippen LogP contribution in [0.4, 0.5) is 0 Å². The number of carboxylic acid groups (broad SMARTS) is 1. The van der Waals surface area contributed by atoms with Gasteiger partial charge >= 0.3 is 5.97 Å². The number of aliphatic carboxylic acids is 1. The summed E-state index contributed by atoms with van der Waals surface area (Å²) in [6.45, 7) is 2.20. The van der Waals surface area contributed by atoms with Gasteiger partial charge in [0, 0.05) is 23.9 Å². The Labute approximate surface area is 125 Å². The molecule has 1 N–H and O–H groups in total. The van der Waals surface area contributed by atoms with Crippen LogP contribution in [0.3, 0.4) is 0 Å². The van der Waals surface area contributed by atoms with Crippen molar-refractivity contribution in [1.82, 2.24) is 4.90 Å². The van der Waals surface area contributed by atoms with Crippen LogP contribution in [-0.4, -0.2) is 33.6 Å². The fourth-order valence-electron chi connectivity index (χ4n) is 1.73. The molecule has 1 aliphatic heterocycles. The van der Waals surface area contributed by atoms with Crippen molar-refractivity contribution in [3.63, 3.8) is 0 Å². The zero-order valence-electron chi connectivity index (χ0n) is 10.8. The summed E-state index contributed by atoms with van der Waals surface area (Å²) in [5.74, 6) is -1.02. The Morgan fingerprint density at radius 2 is 2.35 bits per heavy atom. The summed E-state index contributed by atoms with van der Waals surface area (Å²) < 4.78 is 5.30. The van der Waals surface area contributed by atoms with Gasteiger partial charge in [-0.05, 0) is 42.6 Å². The smallest absolute Gasteiger partial charge is 0.303 e. The zero-order chi connectivity index (χ0) is 14.7. The van der Waals surface area contributed by atoms with Crippen molar-refractivity contribution in [1.29, 1.82) is 0 Å². The van der Waals surface area contributed by atoms with Gasteiger partial charge in [-0.15, -0.1) is 11.3 Å². The molecule has 0 bridgehead atoms. The zero-order valence-corrected chi connectivity index (χ0v) is 12.4. The second-order valence-corrected chi connectivity index (χ2v) is 5.60. The molecule has 0 spiro atoms. The summed E-state index contributed by atoms with van der Waals surface area (Å²) in [7, 11) is 0. The van der Waals surface area contributed by atoms with E-state index in [1.54, 1.807) is 6.08 Å². The van der Waals surface area contributed by atoms with Crippen LogP contribution in [0.25, 0.3) is 6.08 Å². The standard InChI is InChI=1S/C13H13NO4S2/c1-8-4-6-20-10(8)7-9-12(17)14(13(19)18-9)5-2-3-11(15)16/h4,6-7H,2-3,5H2,1H3,(H,15,16). The molecule has 0 aliphatic carbocycles. The number of carbonyl (C=O) groups excluding carboxylic acids is 1. The molecule has 20 heavy (non-hydrogen) atoms. The molecule has 7 heteroatoms. The Balaban J connectivity index is 2.07. The maximum Gasteiger partial charge on any atom is 0.303 e. The molecule has 0 saturated carbocycles. The van der Waals surface area contributed by atoms with Crippen LogP contribution in [0, 0.1) is 6.92 Å². The molecule has 106 valence electrons. The maximum atomic E-state index is 12.1. The molecule has 2 heterocycles. The third kappa shape index (κ3) is 3.23. The highest BCUT2D eigenvalue weighted by Crippen LogP contribution is 2.24. The highest BCUT2D eigenvalue weighted by atomic mass is 32.1. The second-order valence-electron chi connectivity index (χ2n) is 4.30. The van der Waals surface area contributed by atoms with Gasteiger partial charge in [-0.1, -0.05) is 0 Å². The first-order chi connectivity index (χ1) is 9.49. The van der Waals surface area contributed by atoms with Crippen molar-refractivity contribution < 1.29 is 19.4 Å². The SMILES string of the molecule is Cc1ccsc1C=C1OC(=S)N(CCCC(=O)O)C1=O. The van der Waals surface area contributed by atoms with Gasteiger partial charge in [0.25, 0.3) is 11.1 Å². The van der Waals surface area contributed by atoms with Crippen LogP contribution in [0.5, 0.6) is 0 Å². The molecule has 0 radical (unpaired) electrons. The van der Waals surface area contributed by atoms with Gasteiger partial charge in [-0.2, -0.15) is 0 Å². The monoisotopic (exact) mass is 311 g/mol. The molecule has 2 rings (SSSR count). The van der Waals surface area contributed by atoms with Crippen molar-refractivity contribution in [2.24, 2.45) is 0 Å². The Morgan fingerprint density at radius 1 is 1.60 bits per heavy atom. The van der Waals surface area contributed by atoms with Crippen LogP contribution in [0.2, 0.25) is 0 Å². The van der Waals surface area contributed by atoms with E-state index in [1.807, 2.05) is 18.4 Å². The minimum Gasteiger partial charge on any atom is -0.481 e. The molecule has 1 aliphatic rings. The lowest BCUT2D eigenvalue weighted by atomic mass is 10.2. The minimum absolute atomic E-state index is 0.00449. The van der Waals surface area contributed by atoms with Gasteiger partial charge in [0.2, 0.25) is 0 Å². The second kappa shape index (κ2) is 6.15. The van der Waals surface area contributed by atoms with E-state index in [0.717, 1.165) is 10.4 Å². The first-order valence-corrected chi connectivity index (χ1v) is 7.29. The molecule has 0 aromatic carbocycles. The van der Waals surface area contributed by atoms with Crippen molar-refractivity contribution in [2.45, 2.75) is 19.8 Å². The fraction of sp³-hybridized carbons (Fsp3) is 0.308. The molecule has 1 amide bonds. The lowest BCUT2D eigenvalue weighted by Gasteiger charge is -2.10. The number of thiocarbonyl (C=S) groups is 1. The van der Waals surface area contributed by atoms with Crippen LogP contribution in [-0.2, 0) is 14.3 Å². The average Bonchev–Trinajstić information content (AvgIpc) is 2.88. The largest absolute Gasteiger partial charge is 0.481 e. The summed E-state index contributed by atoms with van der Waals surface area (Å²) in [4.78, 5) is 24.8. The van der Waals surface area contributed by atoms with E-state index in [4.69, 9.17) is 22.1 Å². The predicted octanol–water partition coefficient (Wildman–Crippen LogP) is 2.41. The Kier molecular flexibility index (Phi) is 4.51. The molecule has 5 nitrogen and oxygen atoms in total. The Bertz CT molecular complexity index is 591. The van der Waals surface area contributed by atoms with Crippen molar-refractivity contribution in [2.75, 3.05) is 6.54 Å². The third-order valence-electron chi connectivity index (χ3n) is 2.81. The number of nitrogens with zero attached hydrogens (tertiary/aromatic N) is 1. The van der Waals surface area contributed by atoms with Gasteiger partial charge in [-0.3, -0.25) is 14.5 Å². The number of hydrogen-bond acceptors (Lipinski definition) is 5. The van der Waals surface area contributed by atoms with Gasteiger partial charge in [-0.25, -0.2) is 0 Å². The summed E-state index contributed by atoms with van der Waals surface area (Å²) in [5.41, 5.74) is 1.06. The van der Waals surface area contributed by atoms with Crippen molar-refractivity contribution in [3.05, 3.63) is 27.6 Å². The minimum atomic E-state index is -0.895. The van der Waals surface area contributed by atoms with E-state index < -0.39 is 5.97 Å². The lowest BCUT2D eigenvalue weighted by molar-refractivity contribution is -0.137. The molecule has 1 aromatic rings. The van der Waals surface area contributed by atoms with E-state index in [9.17, 15) is 9.59 Å². The summed E-state index contributed by atoms with van der Waals surface area (Å²) in [5, 5.41) is 10.6. The van der Waals surface area contributed by atoms with Crippen LogP contribution in [0.1, 0.15) is 23.3 Å². The van der Waals surface area contributed by atoms with E-state index in [1.165, 1.54) is 16.2 Å². The third-order valence-corrected chi connectivity index (χ3v) is 4.08. The number of ether oxygens (including phenoxy) is 1. The number of hydrogen-bond donors (Lipinski definition) is 1. The topological polar surface area (TPSA) is 66.8 Å². The number of thiophene rings is 1. The number of carboxylic acids is 1. The van der Waals surface area contributed by atoms with E-state index in [0.29, 0.717) is 6.42 Å². The fourth-order valence-corrected chi connectivity index (χ4v) is 2.84. The first-order valence-electron chi connectivity index (χ1n) is 6.00. The highest BCUT2D eigenvalue weighted by molar-refractivity contribution is 7.80. The number of carbonyl (C=O) groups is 2. The summed E-state index contributed by atoms with van der Waals surface area (Å²) in [6, 6.07) is 1.96. The lowest BCUT2D eigenvalue weighted by Crippen LogP contribution is -2.29. The Hall–Kier alpha value is -1.73. The Morgan fingerprint density at radius 3 is 2.95 bits per heavy atom. The van der Waals surface area contributed by atoms with Crippen LogP contribution >= 0.6 is 23.6 Å². The van der Waals surface area contributed by atoms with Gasteiger partial charge in [0.15, 0.2) is 5.76 Å². The molecular formula is C13H13NO4S2. The quantitative estimate of drug-likeness (QED) is 0.668. The number of rotatable bonds is 5. The molecule has 1 aromatic heterocycles. The molecule has 1 saturated heterocycles. The molecule has 1 fully saturated rings. The van der Waals surface area contributed by atoms with Gasteiger partial charge in [0.05, 0.1) is 0 Å². The normalized spacial score (nSPS) is 16.9. The van der Waals surface area contributed by atoms with Gasteiger partial charge in [0.1, 0.15) is 0 Å². The predicted molar refractivity (Wildman–Crippen MR) is 79.3 cm³/mol. The molecular weight excluding hydrogens is 298 g/mol. The highest BCUT2D eigenvalue weighted by Gasteiger charge is 2.33. The van der Waals surface area contributed by atoms with Crippen molar-refractivity contribution >= 4 is 46.7 Å². The number of amides is 1. The summed E-state index contributed by atoms with van der Waals surface area (Å²) in [6.07, 6.45) is 2.01. The van der Waals surface area contributed by atoms with Gasteiger partial charge < -0.3 is 9.84 Å². The molecule has 0 atom stereocenters. The maximum absolute atomic E-state index is 12.1. The first kappa shape index (κ1) is 14.7. The van der Waals surface area contributed by atoms with Crippen LogP contribution < -0.4 is 0 Å². The van der Waals surface area contributed by atoms with Crippen LogP contribution in [0.15, 0.2) is 17.2 Å². The van der Waals surface area contributed by atoms with E-state index in [-0.39, 0.29) is 29.8 Å². The molecule has 0 unspecified atom stereocenters. The average molecular weight is 311 g/mol. The van der Waals surface area contributed by atoms with Crippen molar-refractivity contribution in [3.8, 4) is 0 Å².